The van der Waals surface area contributed by atoms with Gasteiger partial charge in [-0.25, -0.2) is 18.2 Å². The first-order valence-corrected chi connectivity index (χ1v) is 10.8. The maximum absolute atomic E-state index is 13.8. The van der Waals surface area contributed by atoms with E-state index in [9.17, 15) is 22.8 Å². The molecule has 0 bridgehead atoms. The number of thiophene rings is 1. The lowest BCUT2D eigenvalue weighted by atomic mass is 10.1. The molecule has 0 aliphatic carbocycles. The second-order valence-electron chi connectivity index (χ2n) is 6.55. The van der Waals surface area contributed by atoms with Gasteiger partial charge in [-0.2, -0.15) is 0 Å². The minimum absolute atomic E-state index is 0.196. The summed E-state index contributed by atoms with van der Waals surface area (Å²) in [6.45, 7) is 1.53. The van der Waals surface area contributed by atoms with Crippen LogP contribution in [-0.2, 0) is 4.79 Å². The summed E-state index contributed by atoms with van der Waals surface area (Å²) in [6, 6.07) is 9.05. The van der Waals surface area contributed by atoms with Gasteiger partial charge in [-0.15, -0.1) is 11.3 Å². The average Bonchev–Trinajstić information content (AvgIpc) is 3.15. The number of H-pyrrole nitrogens is 1. The van der Waals surface area contributed by atoms with Gasteiger partial charge < -0.3 is 10.3 Å². The highest BCUT2D eigenvalue weighted by molar-refractivity contribution is 8.00. The Bertz CT molecular complexity index is 1320. The van der Waals surface area contributed by atoms with E-state index in [1.165, 1.54) is 36.5 Å². The van der Waals surface area contributed by atoms with Crippen LogP contribution in [0.3, 0.4) is 0 Å². The molecule has 0 saturated carbocycles. The van der Waals surface area contributed by atoms with Crippen molar-refractivity contribution in [2.24, 2.45) is 0 Å². The highest BCUT2D eigenvalue weighted by Gasteiger charge is 2.21. The lowest BCUT2D eigenvalue weighted by Gasteiger charge is -2.12. The van der Waals surface area contributed by atoms with Gasteiger partial charge in [0.05, 0.1) is 10.6 Å². The van der Waals surface area contributed by atoms with Crippen molar-refractivity contribution in [2.75, 3.05) is 5.32 Å². The SMILES string of the molecule is CC(Sc1nc2scc(-c3ccc(F)cc3)c2c(=O)[nH]1)C(=O)Nc1c(F)cccc1F. The zero-order chi connectivity index (χ0) is 22.1. The van der Waals surface area contributed by atoms with Crippen LogP contribution >= 0.6 is 23.1 Å². The van der Waals surface area contributed by atoms with Gasteiger partial charge in [-0.1, -0.05) is 30.0 Å². The van der Waals surface area contributed by atoms with Crippen molar-refractivity contribution < 1.29 is 18.0 Å². The Morgan fingerprint density at radius 2 is 1.81 bits per heavy atom. The fourth-order valence-electron chi connectivity index (χ4n) is 2.89. The Hall–Kier alpha value is -3.11. The maximum Gasteiger partial charge on any atom is 0.260 e. The minimum Gasteiger partial charge on any atom is -0.320 e. The van der Waals surface area contributed by atoms with E-state index < -0.39 is 34.0 Å². The molecule has 0 radical (unpaired) electrons. The van der Waals surface area contributed by atoms with E-state index in [1.54, 1.807) is 17.5 Å². The molecule has 4 aromatic rings. The summed E-state index contributed by atoms with van der Waals surface area (Å²) in [6.07, 6.45) is 0. The van der Waals surface area contributed by atoms with Crippen LogP contribution in [0.25, 0.3) is 21.3 Å². The summed E-state index contributed by atoms with van der Waals surface area (Å²) in [7, 11) is 0. The Balaban J connectivity index is 1.57. The van der Waals surface area contributed by atoms with Gasteiger partial charge in [0.2, 0.25) is 5.91 Å². The zero-order valence-corrected chi connectivity index (χ0v) is 17.5. The summed E-state index contributed by atoms with van der Waals surface area (Å²) in [5.74, 6) is -2.79. The number of anilines is 1. The monoisotopic (exact) mass is 461 g/mol. The second kappa shape index (κ2) is 8.56. The van der Waals surface area contributed by atoms with Crippen LogP contribution in [0.5, 0.6) is 0 Å². The summed E-state index contributed by atoms with van der Waals surface area (Å²) in [5, 5.41) is 3.75. The van der Waals surface area contributed by atoms with Crippen molar-refractivity contribution in [1.29, 1.82) is 0 Å². The predicted molar refractivity (Wildman–Crippen MR) is 116 cm³/mol. The summed E-state index contributed by atoms with van der Waals surface area (Å²) in [4.78, 5) is 32.5. The molecule has 0 spiro atoms. The van der Waals surface area contributed by atoms with Gasteiger partial charge in [0.1, 0.15) is 28.0 Å². The van der Waals surface area contributed by atoms with E-state index in [0.717, 1.165) is 23.9 Å². The maximum atomic E-state index is 13.8. The van der Waals surface area contributed by atoms with Gasteiger partial charge in [0.15, 0.2) is 5.16 Å². The number of nitrogens with one attached hydrogen (secondary N) is 2. The summed E-state index contributed by atoms with van der Waals surface area (Å²) in [5.41, 5.74) is 0.381. The molecule has 1 amide bonds. The first-order valence-electron chi connectivity index (χ1n) is 9.02. The molecule has 0 saturated heterocycles. The van der Waals surface area contributed by atoms with E-state index in [2.05, 4.69) is 15.3 Å². The third-order valence-corrected chi connectivity index (χ3v) is 6.30. The van der Waals surface area contributed by atoms with Crippen molar-refractivity contribution in [1.82, 2.24) is 9.97 Å². The fraction of sp³-hybridized carbons (Fsp3) is 0.0952. The third-order valence-electron chi connectivity index (χ3n) is 4.45. The number of amides is 1. The number of aromatic nitrogens is 2. The van der Waals surface area contributed by atoms with Gasteiger partial charge in [0.25, 0.3) is 5.56 Å². The lowest BCUT2D eigenvalue weighted by Crippen LogP contribution is -2.24. The first kappa shape index (κ1) is 21.1. The number of rotatable bonds is 5. The van der Waals surface area contributed by atoms with E-state index in [0.29, 0.717) is 21.3 Å². The highest BCUT2D eigenvalue weighted by Crippen LogP contribution is 2.32. The van der Waals surface area contributed by atoms with Crippen molar-refractivity contribution in [3.63, 3.8) is 0 Å². The average molecular weight is 461 g/mol. The molecule has 158 valence electrons. The molecule has 2 N–H and O–H groups in total. The van der Waals surface area contributed by atoms with Crippen molar-refractivity contribution >= 4 is 44.9 Å². The molecule has 0 fully saturated rings. The number of carbonyl (C=O) groups is 1. The quantitative estimate of drug-likeness (QED) is 0.317. The minimum atomic E-state index is -0.884. The van der Waals surface area contributed by atoms with Crippen molar-refractivity contribution in [2.45, 2.75) is 17.3 Å². The van der Waals surface area contributed by atoms with Gasteiger partial charge in [-0.05, 0) is 36.8 Å². The molecule has 31 heavy (non-hydrogen) atoms. The van der Waals surface area contributed by atoms with Gasteiger partial charge in [0, 0.05) is 10.9 Å². The van der Waals surface area contributed by atoms with Gasteiger partial charge >= 0.3 is 0 Å². The highest BCUT2D eigenvalue weighted by atomic mass is 32.2. The van der Waals surface area contributed by atoms with Crippen LogP contribution in [0.4, 0.5) is 18.9 Å². The number of aromatic amines is 1. The lowest BCUT2D eigenvalue weighted by molar-refractivity contribution is -0.115. The third kappa shape index (κ3) is 4.35. The number of halogens is 3. The zero-order valence-electron chi connectivity index (χ0n) is 15.9. The van der Waals surface area contributed by atoms with Crippen molar-refractivity contribution in [3.05, 3.63) is 75.7 Å². The summed E-state index contributed by atoms with van der Waals surface area (Å²) < 4.78 is 40.7. The number of para-hydroxylation sites is 1. The number of hydrogen-bond acceptors (Lipinski definition) is 5. The normalized spacial score (nSPS) is 12.1. The molecule has 2 aromatic carbocycles. The Labute approximate surface area is 182 Å². The number of thioether (sulfide) groups is 1. The molecule has 0 aliphatic heterocycles. The summed E-state index contributed by atoms with van der Waals surface area (Å²) >= 11 is 2.20. The Kier molecular flexibility index (Phi) is 5.84. The molecule has 2 aromatic heterocycles. The molecule has 5 nitrogen and oxygen atoms in total. The number of hydrogen-bond donors (Lipinski definition) is 2. The molecule has 4 rings (SSSR count). The second-order valence-corrected chi connectivity index (χ2v) is 8.74. The molecular formula is C21H14F3N3O2S2. The molecular weight excluding hydrogens is 447 g/mol. The molecule has 1 atom stereocenters. The number of fused-ring (bicyclic) bond motifs is 1. The van der Waals surface area contributed by atoms with Crippen LogP contribution in [0, 0.1) is 17.5 Å². The van der Waals surface area contributed by atoms with E-state index >= 15 is 0 Å². The van der Waals surface area contributed by atoms with Crippen LogP contribution < -0.4 is 10.9 Å². The number of benzene rings is 2. The standard InChI is InChI=1S/C21H14F3N3O2S2/c1-10(18(28)25-17-14(23)3-2-4-15(17)24)31-21-26-19(29)16-13(9-30-20(16)27-21)11-5-7-12(22)8-6-11/h2-10H,1H3,(H,25,28)(H,26,27,29). The van der Waals surface area contributed by atoms with Crippen LogP contribution in [0.1, 0.15) is 6.92 Å². The van der Waals surface area contributed by atoms with Crippen LogP contribution in [0.15, 0.2) is 57.8 Å². The van der Waals surface area contributed by atoms with Crippen LogP contribution in [-0.4, -0.2) is 21.1 Å². The first-order chi connectivity index (χ1) is 14.8. The molecule has 2 heterocycles. The fourth-order valence-corrected chi connectivity index (χ4v) is 4.69. The van der Waals surface area contributed by atoms with Crippen LogP contribution in [0.2, 0.25) is 0 Å². The van der Waals surface area contributed by atoms with E-state index in [1.807, 2.05) is 0 Å². The Morgan fingerprint density at radius 3 is 2.48 bits per heavy atom. The van der Waals surface area contributed by atoms with E-state index in [-0.39, 0.29) is 11.0 Å². The van der Waals surface area contributed by atoms with Gasteiger partial charge in [-0.3, -0.25) is 9.59 Å². The number of nitrogens with zero attached hydrogens (tertiary/aromatic N) is 1. The number of carbonyl (C=O) groups excluding carboxylic acids is 1. The molecule has 10 heteroatoms. The molecule has 1 unspecified atom stereocenters. The topological polar surface area (TPSA) is 74.8 Å². The van der Waals surface area contributed by atoms with E-state index in [4.69, 9.17) is 0 Å². The molecule has 0 aliphatic rings. The predicted octanol–water partition coefficient (Wildman–Crippen LogP) is 5.19. The largest absolute Gasteiger partial charge is 0.320 e. The smallest absolute Gasteiger partial charge is 0.260 e. The van der Waals surface area contributed by atoms with Crippen molar-refractivity contribution in [3.8, 4) is 11.1 Å². The Morgan fingerprint density at radius 1 is 1.13 bits per heavy atom.